The van der Waals surface area contributed by atoms with Crippen LogP contribution in [0.1, 0.15) is 10.6 Å². The Labute approximate surface area is 124 Å². The molecule has 0 spiro atoms. The van der Waals surface area contributed by atoms with Gasteiger partial charge in [-0.05, 0) is 24.3 Å². The van der Waals surface area contributed by atoms with Crippen molar-refractivity contribution in [2.45, 2.75) is 6.04 Å². The van der Waals surface area contributed by atoms with Crippen LogP contribution in [0.3, 0.4) is 0 Å². The topological polar surface area (TPSA) is 128 Å². The molecule has 2 rings (SSSR count). The van der Waals surface area contributed by atoms with Crippen LogP contribution in [0.4, 0.5) is 4.39 Å². The lowest BCUT2D eigenvalue weighted by atomic mass is 10.1. The number of rotatable bonds is 5. The van der Waals surface area contributed by atoms with Crippen LogP contribution in [-0.2, 0) is 9.59 Å². The number of carbonyl (C=O) groups excluding carboxylic acids is 3. The van der Waals surface area contributed by atoms with E-state index in [4.69, 9.17) is 15.9 Å². The molecule has 22 heavy (non-hydrogen) atoms. The molecule has 1 aromatic heterocycles. The normalized spacial score (nSPS) is 10.5. The number of nitrogens with two attached hydrogens (primary N) is 2. The Hall–Kier alpha value is -3.16. The minimum absolute atomic E-state index is 0.123. The smallest absolute Gasteiger partial charge is 0.288 e. The first kappa shape index (κ1) is 15.2. The van der Waals surface area contributed by atoms with Crippen LogP contribution >= 0.6 is 0 Å². The van der Waals surface area contributed by atoms with E-state index in [1.54, 1.807) is 6.07 Å². The zero-order valence-electron chi connectivity index (χ0n) is 11.2. The van der Waals surface area contributed by atoms with Gasteiger partial charge in [0.2, 0.25) is 11.8 Å². The van der Waals surface area contributed by atoms with Gasteiger partial charge in [-0.25, -0.2) is 4.39 Å². The number of amides is 3. The molecule has 0 bridgehead atoms. The van der Waals surface area contributed by atoms with Gasteiger partial charge in [-0.2, -0.15) is 0 Å². The minimum atomic E-state index is -1.66. The molecule has 1 aromatic carbocycles. The van der Waals surface area contributed by atoms with Crippen molar-refractivity contribution in [3.05, 3.63) is 48.0 Å². The molecule has 0 saturated carbocycles. The number of nitrogens with one attached hydrogen (secondary N) is 1. The first-order chi connectivity index (χ1) is 10.4. The molecule has 0 saturated heterocycles. The molecule has 2 aromatic rings. The third kappa shape index (κ3) is 3.11. The number of primary amides is 2. The number of hydrogen-bond donors (Lipinski definition) is 3. The molecule has 7 nitrogen and oxygen atoms in total. The van der Waals surface area contributed by atoms with Crippen molar-refractivity contribution in [1.29, 1.82) is 0 Å². The Morgan fingerprint density at radius 1 is 1.05 bits per heavy atom. The summed E-state index contributed by atoms with van der Waals surface area (Å²) in [5.41, 5.74) is 10.1. The van der Waals surface area contributed by atoms with Gasteiger partial charge in [-0.1, -0.05) is 12.1 Å². The highest BCUT2D eigenvalue weighted by Crippen LogP contribution is 2.24. The van der Waals surface area contributed by atoms with Crippen LogP contribution in [-0.4, -0.2) is 23.8 Å². The van der Waals surface area contributed by atoms with E-state index in [1.807, 2.05) is 5.32 Å². The first-order valence-corrected chi connectivity index (χ1v) is 6.14. The molecule has 0 radical (unpaired) electrons. The van der Waals surface area contributed by atoms with Crippen molar-refractivity contribution in [3.8, 4) is 11.3 Å². The van der Waals surface area contributed by atoms with Crippen molar-refractivity contribution >= 4 is 17.7 Å². The Morgan fingerprint density at radius 3 is 2.27 bits per heavy atom. The van der Waals surface area contributed by atoms with Gasteiger partial charge in [0.25, 0.3) is 5.91 Å². The second kappa shape index (κ2) is 6.08. The molecule has 0 atom stereocenters. The highest BCUT2D eigenvalue weighted by Gasteiger charge is 2.25. The number of carbonyl (C=O) groups is 3. The summed E-state index contributed by atoms with van der Waals surface area (Å²) in [4.78, 5) is 33.9. The standard InChI is InChI=1S/C14H12FN3O4/c15-8-4-2-1-3-7(8)9-5-6-10(22-9)14(21)18-11(12(16)19)13(17)20/h1-6,11H,(H2,16,19)(H2,17,20)(H,18,21). The molecule has 8 heteroatoms. The van der Waals surface area contributed by atoms with Gasteiger partial charge in [0, 0.05) is 0 Å². The molecule has 0 unspecified atom stereocenters. The maximum Gasteiger partial charge on any atom is 0.288 e. The summed E-state index contributed by atoms with van der Waals surface area (Å²) in [6.45, 7) is 0. The summed E-state index contributed by atoms with van der Waals surface area (Å²) in [5, 5.41) is 2.04. The number of hydrogen-bond acceptors (Lipinski definition) is 4. The Morgan fingerprint density at radius 2 is 1.68 bits per heavy atom. The monoisotopic (exact) mass is 305 g/mol. The van der Waals surface area contributed by atoms with E-state index in [-0.39, 0.29) is 17.1 Å². The van der Waals surface area contributed by atoms with Crippen molar-refractivity contribution < 1.29 is 23.2 Å². The summed E-state index contributed by atoms with van der Waals surface area (Å²) < 4.78 is 18.8. The average Bonchev–Trinajstić information content (AvgIpc) is 2.94. The molecule has 0 aliphatic heterocycles. The maximum atomic E-state index is 13.6. The zero-order chi connectivity index (χ0) is 16.3. The Kier molecular flexibility index (Phi) is 4.21. The zero-order valence-corrected chi connectivity index (χ0v) is 11.2. The quantitative estimate of drug-likeness (QED) is 0.679. The largest absolute Gasteiger partial charge is 0.451 e. The number of benzene rings is 1. The van der Waals surface area contributed by atoms with Gasteiger partial charge in [0.15, 0.2) is 11.8 Å². The third-order valence-electron chi connectivity index (χ3n) is 2.81. The minimum Gasteiger partial charge on any atom is -0.451 e. The van der Waals surface area contributed by atoms with Crippen LogP contribution in [0.5, 0.6) is 0 Å². The average molecular weight is 305 g/mol. The SMILES string of the molecule is NC(=O)C(NC(=O)c1ccc(-c2ccccc2F)o1)C(N)=O. The summed E-state index contributed by atoms with van der Waals surface area (Å²) in [6.07, 6.45) is 0. The number of halogens is 1. The summed E-state index contributed by atoms with van der Waals surface area (Å²) >= 11 is 0. The van der Waals surface area contributed by atoms with E-state index in [2.05, 4.69) is 0 Å². The van der Waals surface area contributed by atoms with Gasteiger partial charge in [0.1, 0.15) is 11.6 Å². The van der Waals surface area contributed by atoms with Crippen LogP contribution in [0.25, 0.3) is 11.3 Å². The van der Waals surface area contributed by atoms with E-state index in [0.29, 0.717) is 0 Å². The lowest BCUT2D eigenvalue weighted by molar-refractivity contribution is -0.128. The highest BCUT2D eigenvalue weighted by atomic mass is 19.1. The molecule has 0 aliphatic rings. The second-order valence-electron chi connectivity index (χ2n) is 4.35. The van der Waals surface area contributed by atoms with Crippen molar-refractivity contribution in [3.63, 3.8) is 0 Å². The van der Waals surface area contributed by atoms with E-state index >= 15 is 0 Å². The molecular weight excluding hydrogens is 293 g/mol. The summed E-state index contributed by atoms with van der Waals surface area (Å²) in [6, 6.07) is 6.85. The first-order valence-electron chi connectivity index (χ1n) is 6.14. The van der Waals surface area contributed by atoms with Crippen LogP contribution in [0, 0.1) is 5.82 Å². The number of furan rings is 1. The van der Waals surface area contributed by atoms with Gasteiger partial charge in [-0.15, -0.1) is 0 Å². The molecule has 1 heterocycles. The molecule has 0 fully saturated rings. The van der Waals surface area contributed by atoms with Gasteiger partial charge in [0.05, 0.1) is 5.56 Å². The fourth-order valence-corrected chi connectivity index (χ4v) is 1.75. The molecule has 0 aliphatic carbocycles. The lowest BCUT2D eigenvalue weighted by Gasteiger charge is -2.10. The van der Waals surface area contributed by atoms with Crippen molar-refractivity contribution in [1.82, 2.24) is 5.32 Å². The van der Waals surface area contributed by atoms with Crippen molar-refractivity contribution in [2.75, 3.05) is 0 Å². The molecular formula is C14H12FN3O4. The highest BCUT2D eigenvalue weighted by molar-refractivity contribution is 6.07. The fourth-order valence-electron chi connectivity index (χ4n) is 1.75. The molecule has 3 amide bonds. The third-order valence-corrected chi connectivity index (χ3v) is 2.81. The van der Waals surface area contributed by atoms with Gasteiger partial charge >= 0.3 is 0 Å². The summed E-state index contributed by atoms with van der Waals surface area (Å²) in [5.74, 6) is -3.67. The van der Waals surface area contributed by atoms with Crippen molar-refractivity contribution in [2.24, 2.45) is 11.5 Å². The maximum absolute atomic E-state index is 13.6. The van der Waals surface area contributed by atoms with E-state index in [9.17, 15) is 18.8 Å². The van der Waals surface area contributed by atoms with Crippen LogP contribution in [0.2, 0.25) is 0 Å². The van der Waals surface area contributed by atoms with Crippen LogP contribution in [0.15, 0.2) is 40.8 Å². The van der Waals surface area contributed by atoms with E-state index in [1.165, 1.54) is 30.3 Å². The second-order valence-corrected chi connectivity index (χ2v) is 4.35. The predicted molar refractivity (Wildman–Crippen MR) is 73.7 cm³/mol. The lowest BCUT2D eigenvalue weighted by Crippen LogP contribution is -2.52. The van der Waals surface area contributed by atoms with Gasteiger partial charge in [-0.3, -0.25) is 14.4 Å². The Balaban J connectivity index is 2.21. The van der Waals surface area contributed by atoms with Crippen LogP contribution < -0.4 is 16.8 Å². The Bertz CT molecular complexity index is 727. The predicted octanol–water partition coefficient (Wildman–Crippen LogP) is 0.155. The van der Waals surface area contributed by atoms with Gasteiger partial charge < -0.3 is 21.2 Å². The van der Waals surface area contributed by atoms with E-state index < -0.39 is 29.6 Å². The molecule has 114 valence electrons. The summed E-state index contributed by atoms with van der Waals surface area (Å²) in [7, 11) is 0. The van der Waals surface area contributed by atoms with E-state index in [0.717, 1.165) is 0 Å². The molecule has 5 N–H and O–H groups in total. The fraction of sp³-hybridized carbons (Fsp3) is 0.0714.